The molecule has 164 valence electrons. The number of aromatic nitrogens is 1. The van der Waals surface area contributed by atoms with Crippen molar-refractivity contribution < 1.29 is 14.4 Å². The number of aliphatic hydroxyl groups is 1. The molecule has 0 radical (unpaired) electrons. The van der Waals surface area contributed by atoms with Crippen LogP contribution in [0, 0.1) is 24.7 Å². The minimum absolute atomic E-state index is 0.0517. The van der Waals surface area contributed by atoms with E-state index in [-0.39, 0.29) is 12.3 Å². The largest absolute Gasteiger partial charge is 0.379 e. The van der Waals surface area contributed by atoms with E-state index >= 15 is 0 Å². The normalized spacial score (nSPS) is 16.1. The van der Waals surface area contributed by atoms with Crippen molar-refractivity contribution in [3.05, 3.63) is 70.2 Å². The fourth-order valence-electron chi connectivity index (χ4n) is 4.34. The summed E-state index contributed by atoms with van der Waals surface area (Å²) in [7, 11) is 0. The number of benzene rings is 2. The summed E-state index contributed by atoms with van der Waals surface area (Å²) in [6.07, 6.45) is 4.73. The van der Waals surface area contributed by atoms with Crippen LogP contribution in [0.4, 0.5) is 5.69 Å². The van der Waals surface area contributed by atoms with Gasteiger partial charge in [-0.3, -0.25) is 4.79 Å². The third kappa shape index (κ3) is 4.58. The number of hydrogen-bond donors (Lipinski definition) is 2. The zero-order valence-corrected chi connectivity index (χ0v) is 18.1. The van der Waals surface area contributed by atoms with E-state index < -0.39 is 17.1 Å². The molecule has 2 aromatic carbocycles. The molecule has 1 unspecified atom stereocenters. The average molecular weight is 431 g/mol. The van der Waals surface area contributed by atoms with E-state index in [9.17, 15) is 14.7 Å². The third-order valence-corrected chi connectivity index (χ3v) is 6.19. The maximum atomic E-state index is 13.3. The molecule has 0 aliphatic heterocycles. The van der Waals surface area contributed by atoms with Gasteiger partial charge >= 0.3 is 5.63 Å². The predicted octanol–water partition coefficient (Wildman–Crippen LogP) is 4.19. The van der Waals surface area contributed by atoms with Crippen molar-refractivity contribution in [2.75, 3.05) is 5.32 Å². The van der Waals surface area contributed by atoms with Crippen molar-refractivity contribution in [3.8, 4) is 11.8 Å². The van der Waals surface area contributed by atoms with Crippen LogP contribution in [-0.4, -0.2) is 21.8 Å². The Balaban J connectivity index is 1.61. The van der Waals surface area contributed by atoms with E-state index in [0.717, 1.165) is 37.7 Å². The first-order chi connectivity index (χ1) is 15.5. The molecule has 1 fully saturated rings. The second-order valence-electron chi connectivity index (χ2n) is 8.37. The summed E-state index contributed by atoms with van der Waals surface area (Å²) in [5.41, 5.74) is -0.246. The van der Waals surface area contributed by atoms with Gasteiger partial charge in [0.15, 0.2) is 5.60 Å². The number of anilines is 1. The summed E-state index contributed by atoms with van der Waals surface area (Å²) in [5, 5.41) is 19.2. The van der Waals surface area contributed by atoms with Gasteiger partial charge in [-0.05, 0) is 56.0 Å². The van der Waals surface area contributed by atoms with E-state index in [4.69, 9.17) is 4.52 Å². The molecule has 1 amide bonds. The zero-order valence-electron chi connectivity index (χ0n) is 18.1. The molecule has 3 aromatic rings. The van der Waals surface area contributed by atoms with E-state index in [1.165, 1.54) is 0 Å². The van der Waals surface area contributed by atoms with Crippen LogP contribution in [-0.2, 0) is 4.79 Å². The summed E-state index contributed by atoms with van der Waals surface area (Å²) in [5.74, 6) is 5.45. The third-order valence-electron chi connectivity index (χ3n) is 6.19. The number of rotatable bonds is 4. The molecule has 0 saturated heterocycles. The Kier molecular flexibility index (Phi) is 6.38. The lowest BCUT2D eigenvalue weighted by atomic mass is 9.74. The molecule has 2 N–H and O–H groups in total. The Morgan fingerprint density at radius 1 is 1.16 bits per heavy atom. The Labute approximate surface area is 186 Å². The fraction of sp³-hybridized carbons (Fsp3) is 0.346. The molecular formula is C26H26N2O4. The highest BCUT2D eigenvalue weighted by Gasteiger charge is 2.43. The monoisotopic (exact) mass is 430 g/mol. The fourth-order valence-corrected chi connectivity index (χ4v) is 4.34. The molecule has 1 aliphatic carbocycles. The van der Waals surface area contributed by atoms with Gasteiger partial charge in [-0.1, -0.05) is 54.5 Å². The topological polar surface area (TPSA) is 92.4 Å². The van der Waals surface area contributed by atoms with Gasteiger partial charge in [0, 0.05) is 23.1 Å². The lowest BCUT2D eigenvalue weighted by molar-refractivity contribution is -0.141. The predicted molar refractivity (Wildman–Crippen MR) is 123 cm³/mol. The standard InChI is InChI=1S/C26H26N2O4/c1-18-23-17-21(14-15-22(23)24(29)32-28-18)27-25(30)26(31,20-12-6-3-7-13-20)16-8-11-19-9-4-2-5-10-19/h2,4-5,9-10,14-15,17,20,31H,3,6-7,12-13,16H2,1H3,(H,27,30). The van der Waals surface area contributed by atoms with Crippen LogP contribution < -0.4 is 10.9 Å². The molecule has 1 aliphatic rings. The zero-order chi connectivity index (χ0) is 22.6. The molecule has 4 rings (SSSR count). The van der Waals surface area contributed by atoms with Crippen LogP contribution in [0.1, 0.15) is 49.8 Å². The van der Waals surface area contributed by atoms with Crippen molar-refractivity contribution in [2.45, 2.75) is 51.0 Å². The second-order valence-corrected chi connectivity index (χ2v) is 8.37. The highest BCUT2D eigenvalue weighted by Crippen LogP contribution is 2.36. The maximum absolute atomic E-state index is 13.3. The van der Waals surface area contributed by atoms with E-state index in [2.05, 4.69) is 22.3 Å². The molecule has 1 heterocycles. The van der Waals surface area contributed by atoms with Crippen LogP contribution in [0.25, 0.3) is 10.8 Å². The molecular weight excluding hydrogens is 404 g/mol. The van der Waals surface area contributed by atoms with Gasteiger partial charge in [0.2, 0.25) is 0 Å². The Bertz CT molecular complexity index is 1230. The first-order valence-electron chi connectivity index (χ1n) is 11.0. The van der Waals surface area contributed by atoms with E-state index in [1.807, 2.05) is 30.3 Å². The average Bonchev–Trinajstić information content (AvgIpc) is 2.82. The molecule has 0 spiro atoms. The van der Waals surface area contributed by atoms with E-state index in [1.54, 1.807) is 25.1 Å². The van der Waals surface area contributed by atoms with Gasteiger partial charge in [-0.15, -0.1) is 0 Å². The first-order valence-corrected chi connectivity index (χ1v) is 11.0. The molecule has 1 saturated carbocycles. The van der Waals surface area contributed by atoms with Crippen molar-refractivity contribution >= 4 is 22.4 Å². The Morgan fingerprint density at radius 3 is 2.66 bits per heavy atom. The minimum atomic E-state index is -1.60. The van der Waals surface area contributed by atoms with E-state index in [0.29, 0.717) is 22.2 Å². The van der Waals surface area contributed by atoms with Gasteiger partial charge in [0.05, 0.1) is 11.1 Å². The van der Waals surface area contributed by atoms with Gasteiger partial charge in [0.25, 0.3) is 5.91 Å². The highest BCUT2D eigenvalue weighted by molar-refractivity contribution is 5.99. The van der Waals surface area contributed by atoms with Crippen LogP contribution in [0.3, 0.4) is 0 Å². The molecule has 6 nitrogen and oxygen atoms in total. The van der Waals surface area contributed by atoms with Crippen LogP contribution in [0.2, 0.25) is 0 Å². The number of carbonyl (C=O) groups is 1. The van der Waals surface area contributed by atoms with Crippen molar-refractivity contribution in [2.24, 2.45) is 5.92 Å². The lowest BCUT2D eigenvalue weighted by Gasteiger charge is -2.36. The van der Waals surface area contributed by atoms with Gasteiger partial charge in [-0.2, -0.15) is 0 Å². The highest BCUT2D eigenvalue weighted by atomic mass is 16.5. The summed E-state index contributed by atoms with van der Waals surface area (Å²) in [6, 6.07) is 14.4. The van der Waals surface area contributed by atoms with Crippen LogP contribution in [0.5, 0.6) is 0 Å². The maximum Gasteiger partial charge on any atom is 0.366 e. The molecule has 32 heavy (non-hydrogen) atoms. The number of nitrogens with zero attached hydrogens (tertiary/aromatic N) is 1. The summed E-state index contributed by atoms with van der Waals surface area (Å²) in [4.78, 5) is 25.2. The second kappa shape index (κ2) is 9.37. The molecule has 1 atom stereocenters. The molecule has 0 bridgehead atoms. The lowest BCUT2D eigenvalue weighted by Crippen LogP contribution is -2.49. The van der Waals surface area contributed by atoms with Gasteiger partial charge < -0.3 is 14.9 Å². The number of nitrogens with one attached hydrogen (secondary N) is 1. The quantitative estimate of drug-likeness (QED) is 0.606. The van der Waals surface area contributed by atoms with Crippen molar-refractivity contribution in [1.29, 1.82) is 0 Å². The summed E-state index contributed by atoms with van der Waals surface area (Å²) in [6.45, 7) is 1.73. The summed E-state index contributed by atoms with van der Waals surface area (Å²) >= 11 is 0. The van der Waals surface area contributed by atoms with Gasteiger partial charge in [0.1, 0.15) is 0 Å². The number of carbonyl (C=O) groups excluding carboxylic acids is 1. The smallest absolute Gasteiger partial charge is 0.366 e. The van der Waals surface area contributed by atoms with Crippen molar-refractivity contribution in [1.82, 2.24) is 5.16 Å². The number of fused-ring (bicyclic) bond motifs is 1. The Morgan fingerprint density at radius 2 is 1.91 bits per heavy atom. The van der Waals surface area contributed by atoms with Crippen LogP contribution in [0.15, 0.2) is 57.8 Å². The number of aryl methyl sites for hydroxylation is 1. The van der Waals surface area contributed by atoms with Gasteiger partial charge in [-0.25, -0.2) is 4.79 Å². The van der Waals surface area contributed by atoms with Crippen molar-refractivity contribution in [3.63, 3.8) is 0 Å². The SMILES string of the molecule is Cc1noc(=O)c2ccc(NC(=O)C(O)(CC#Cc3ccccc3)C3CCCCC3)cc12. The Hall–Kier alpha value is -3.43. The van der Waals surface area contributed by atoms with Crippen LogP contribution >= 0.6 is 0 Å². The molecule has 1 aromatic heterocycles. The minimum Gasteiger partial charge on any atom is -0.379 e. The molecule has 6 heteroatoms. The first kappa shape index (κ1) is 21.8. The number of amides is 1. The number of hydrogen-bond acceptors (Lipinski definition) is 5. The summed E-state index contributed by atoms with van der Waals surface area (Å²) < 4.78 is 4.76.